The van der Waals surface area contributed by atoms with E-state index >= 15 is 0 Å². The van der Waals surface area contributed by atoms with Gasteiger partial charge in [0.15, 0.2) is 5.69 Å². The van der Waals surface area contributed by atoms with Gasteiger partial charge < -0.3 is 0 Å². The van der Waals surface area contributed by atoms with E-state index in [-0.39, 0.29) is 6.07 Å². The lowest BCUT2D eigenvalue weighted by molar-refractivity contribution is -0.164. The molecule has 0 saturated heterocycles. The van der Waals surface area contributed by atoms with Crippen molar-refractivity contribution in [3.05, 3.63) is 29.1 Å². The van der Waals surface area contributed by atoms with Crippen molar-refractivity contribution in [2.24, 2.45) is 0 Å². The van der Waals surface area contributed by atoms with Crippen LogP contribution in [0.3, 0.4) is 0 Å². The molecular formula is C8H4F6NO. The van der Waals surface area contributed by atoms with Crippen LogP contribution in [-0.2, 0) is 24.1 Å². The molecule has 0 N–H and O–H groups in total. The van der Waals surface area contributed by atoms with E-state index in [0.717, 1.165) is 0 Å². The average molecular weight is 244 g/mol. The average Bonchev–Trinajstić information content (AvgIpc) is 2.14. The Morgan fingerprint density at radius 2 is 1.62 bits per heavy atom. The first-order valence-corrected chi connectivity index (χ1v) is 3.87. The number of rotatable bonds is 1. The molecule has 0 saturated carbocycles. The Balaban J connectivity index is 3.40. The van der Waals surface area contributed by atoms with Crippen LogP contribution in [0.4, 0.5) is 26.3 Å². The molecule has 1 aromatic rings. The van der Waals surface area contributed by atoms with Gasteiger partial charge in [-0.05, 0) is 11.6 Å². The maximum atomic E-state index is 12.3. The normalized spacial score (nSPS) is 12.9. The highest BCUT2D eigenvalue weighted by atomic mass is 19.4. The molecule has 0 unspecified atom stereocenters. The van der Waals surface area contributed by atoms with E-state index in [1.165, 1.54) is 0 Å². The summed E-state index contributed by atoms with van der Waals surface area (Å²) in [6, 6.07) is 0.169. The highest BCUT2D eigenvalue weighted by molar-refractivity contribution is 5.29. The van der Waals surface area contributed by atoms with E-state index in [9.17, 15) is 31.4 Å². The third-order valence-corrected chi connectivity index (χ3v) is 1.68. The largest absolute Gasteiger partial charge is 0.433 e. The van der Waals surface area contributed by atoms with Gasteiger partial charge in [0, 0.05) is 6.20 Å². The van der Waals surface area contributed by atoms with E-state index < -0.39 is 35.8 Å². The maximum absolute atomic E-state index is 12.3. The predicted octanol–water partition coefficient (Wildman–Crippen LogP) is 3.05. The first-order chi connectivity index (χ1) is 7.16. The van der Waals surface area contributed by atoms with E-state index in [1.54, 1.807) is 0 Å². The summed E-state index contributed by atoms with van der Waals surface area (Å²) in [5.41, 5.74) is -4.41. The molecule has 0 aliphatic heterocycles. The summed E-state index contributed by atoms with van der Waals surface area (Å²) < 4.78 is 73.3. The van der Waals surface area contributed by atoms with Crippen LogP contribution < -0.4 is 0 Å². The molecular weight excluding hydrogens is 240 g/mol. The highest BCUT2D eigenvalue weighted by Gasteiger charge is 2.44. The summed E-state index contributed by atoms with van der Waals surface area (Å²) in [6.07, 6.45) is -9.90. The smallest absolute Gasteiger partial charge is 0.251 e. The van der Waals surface area contributed by atoms with Crippen LogP contribution in [0.1, 0.15) is 16.8 Å². The molecule has 0 amide bonds. The van der Waals surface area contributed by atoms with Gasteiger partial charge in [0.25, 0.3) is 0 Å². The monoisotopic (exact) mass is 244 g/mol. The van der Waals surface area contributed by atoms with Crippen molar-refractivity contribution in [1.29, 1.82) is 0 Å². The van der Waals surface area contributed by atoms with Crippen LogP contribution in [0.15, 0.2) is 12.3 Å². The highest BCUT2D eigenvalue weighted by Crippen LogP contribution is 2.39. The zero-order valence-corrected chi connectivity index (χ0v) is 7.49. The van der Waals surface area contributed by atoms with Crippen molar-refractivity contribution < 1.29 is 31.4 Å². The van der Waals surface area contributed by atoms with E-state index in [0.29, 0.717) is 6.20 Å². The van der Waals surface area contributed by atoms with Gasteiger partial charge in [0.1, 0.15) is 6.61 Å². The second-order valence-corrected chi connectivity index (χ2v) is 2.88. The Kier molecular flexibility index (Phi) is 3.13. The Morgan fingerprint density at radius 3 is 2.00 bits per heavy atom. The minimum Gasteiger partial charge on any atom is -0.251 e. The topological polar surface area (TPSA) is 32.8 Å². The van der Waals surface area contributed by atoms with Crippen LogP contribution in [0.5, 0.6) is 0 Å². The summed E-state index contributed by atoms with van der Waals surface area (Å²) in [5.74, 6) is 0. The Labute approximate surface area is 85.5 Å². The lowest BCUT2D eigenvalue weighted by Crippen LogP contribution is -2.18. The minimum absolute atomic E-state index is 0.169. The molecule has 2 nitrogen and oxygen atoms in total. The molecule has 1 heterocycles. The van der Waals surface area contributed by atoms with Crippen molar-refractivity contribution in [2.45, 2.75) is 19.0 Å². The molecule has 1 aromatic heterocycles. The standard InChI is InChI=1S/C8H4F6NO/c9-7(10,11)5-1-4(3-16)2-15-6(5)8(12,13)14/h1-2H,3H2. The van der Waals surface area contributed by atoms with Crippen molar-refractivity contribution in [3.63, 3.8) is 0 Å². The summed E-state index contributed by atoms with van der Waals surface area (Å²) in [4.78, 5) is 2.64. The molecule has 0 fully saturated rings. The summed E-state index contributed by atoms with van der Waals surface area (Å²) in [5, 5.41) is 10.3. The first kappa shape index (κ1) is 12.8. The molecule has 0 aliphatic rings. The van der Waals surface area contributed by atoms with Gasteiger partial charge in [-0.3, -0.25) is 4.98 Å². The molecule has 1 rings (SSSR count). The molecule has 89 valence electrons. The van der Waals surface area contributed by atoms with Gasteiger partial charge in [-0.1, -0.05) is 0 Å². The summed E-state index contributed by atoms with van der Waals surface area (Å²) >= 11 is 0. The molecule has 1 radical (unpaired) electrons. The van der Waals surface area contributed by atoms with E-state index in [2.05, 4.69) is 4.98 Å². The van der Waals surface area contributed by atoms with Crippen molar-refractivity contribution in [3.8, 4) is 0 Å². The minimum atomic E-state index is -5.20. The van der Waals surface area contributed by atoms with Crippen LogP contribution in [0.2, 0.25) is 0 Å². The van der Waals surface area contributed by atoms with Gasteiger partial charge in [-0.15, -0.1) is 0 Å². The molecule has 0 spiro atoms. The van der Waals surface area contributed by atoms with Gasteiger partial charge in [-0.2, -0.15) is 26.3 Å². The Bertz CT molecular complexity index is 383. The number of hydrogen-bond donors (Lipinski definition) is 0. The third kappa shape index (κ3) is 2.63. The molecule has 0 atom stereocenters. The van der Waals surface area contributed by atoms with E-state index in [1.807, 2.05) is 0 Å². The number of halogens is 6. The maximum Gasteiger partial charge on any atom is 0.433 e. The van der Waals surface area contributed by atoms with Crippen LogP contribution in [0.25, 0.3) is 0 Å². The second-order valence-electron chi connectivity index (χ2n) is 2.88. The zero-order chi connectivity index (χ0) is 12.6. The zero-order valence-electron chi connectivity index (χ0n) is 7.49. The molecule has 0 aliphatic carbocycles. The van der Waals surface area contributed by atoms with Crippen molar-refractivity contribution in [1.82, 2.24) is 4.98 Å². The molecule has 0 bridgehead atoms. The molecule has 16 heavy (non-hydrogen) atoms. The van der Waals surface area contributed by atoms with Crippen molar-refractivity contribution >= 4 is 0 Å². The lowest BCUT2D eigenvalue weighted by Gasteiger charge is -2.14. The van der Waals surface area contributed by atoms with Gasteiger partial charge in [0.05, 0.1) is 5.56 Å². The summed E-state index contributed by atoms with van der Waals surface area (Å²) in [6.45, 7) is -1.06. The SMILES string of the molecule is [O]Cc1cnc(C(F)(F)F)c(C(F)(F)F)c1. The number of alkyl halides is 6. The predicted molar refractivity (Wildman–Crippen MR) is 38.6 cm³/mol. The van der Waals surface area contributed by atoms with Crippen LogP contribution >= 0.6 is 0 Å². The lowest BCUT2D eigenvalue weighted by atomic mass is 10.1. The van der Waals surface area contributed by atoms with E-state index in [4.69, 9.17) is 0 Å². The second kappa shape index (κ2) is 3.93. The van der Waals surface area contributed by atoms with Crippen molar-refractivity contribution in [2.75, 3.05) is 0 Å². The quantitative estimate of drug-likeness (QED) is 0.699. The number of aromatic nitrogens is 1. The fraction of sp³-hybridized carbons (Fsp3) is 0.375. The first-order valence-electron chi connectivity index (χ1n) is 3.87. The van der Waals surface area contributed by atoms with Crippen LogP contribution in [-0.4, -0.2) is 4.98 Å². The van der Waals surface area contributed by atoms with Crippen LogP contribution in [0, 0.1) is 0 Å². The van der Waals surface area contributed by atoms with Gasteiger partial charge >= 0.3 is 12.4 Å². The molecule has 8 heteroatoms. The number of nitrogens with zero attached hydrogens (tertiary/aromatic N) is 1. The number of pyridine rings is 1. The Hall–Kier alpha value is -1.31. The fourth-order valence-corrected chi connectivity index (χ4v) is 1.03. The fourth-order valence-electron chi connectivity index (χ4n) is 1.03. The van der Waals surface area contributed by atoms with Gasteiger partial charge in [0.2, 0.25) is 0 Å². The third-order valence-electron chi connectivity index (χ3n) is 1.68. The summed E-state index contributed by atoms with van der Waals surface area (Å²) in [7, 11) is 0. The Morgan fingerprint density at radius 1 is 1.06 bits per heavy atom. The molecule has 0 aromatic carbocycles. The van der Waals surface area contributed by atoms with Gasteiger partial charge in [-0.25, -0.2) is 5.11 Å². The number of hydrogen-bond acceptors (Lipinski definition) is 1.